The zero-order chi connectivity index (χ0) is 16.2. The van der Waals surface area contributed by atoms with Crippen LogP contribution in [0.5, 0.6) is 5.75 Å². The molecule has 0 fully saturated rings. The lowest BCUT2D eigenvalue weighted by molar-refractivity contribution is 0.0957. The van der Waals surface area contributed by atoms with Crippen LogP contribution in [-0.4, -0.2) is 36.8 Å². The van der Waals surface area contributed by atoms with Gasteiger partial charge in [-0.15, -0.1) is 10.2 Å². The Bertz CT molecular complexity index is 700. The van der Waals surface area contributed by atoms with E-state index in [1.165, 1.54) is 11.1 Å². The number of nitrogens with one attached hydrogen (secondary N) is 1. The van der Waals surface area contributed by atoms with Gasteiger partial charge in [0.25, 0.3) is 5.91 Å². The highest BCUT2D eigenvalue weighted by Gasteiger charge is 2.17. The molecule has 0 spiro atoms. The molecule has 1 aliphatic rings. The molecule has 0 atom stereocenters. The van der Waals surface area contributed by atoms with E-state index in [9.17, 15) is 4.79 Å². The third-order valence-corrected chi connectivity index (χ3v) is 4.08. The summed E-state index contributed by atoms with van der Waals surface area (Å²) >= 11 is 0. The maximum Gasteiger partial charge on any atom is 0.271 e. The van der Waals surface area contributed by atoms with Gasteiger partial charge in [-0.3, -0.25) is 4.79 Å². The first-order valence-electron chi connectivity index (χ1n) is 7.68. The molecule has 0 saturated carbocycles. The number of anilines is 1. The van der Waals surface area contributed by atoms with E-state index >= 15 is 0 Å². The van der Waals surface area contributed by atoms with E-state index in [2.05, 4.69) is 32.5 Å². The van der Waals surface area contributed by atoms with E-state index in [-0.39, 0.29) is 5.91 Å². The van der Waals surface area contributed by atoms with Gasteiger partial charge in [0.1, 0.15) is 5.75 Å². The predicted octanol–water partition coefficient (Wildman–Crippen LogP) is 1.80. The van der Waals surface area contributed by atoms with Gasteiger partial charge in [0.2, 0.25) is 0 Å². The summed E-state index contributed by atoms with van der Waals surface area (Å²) in [6.45, 7) is 1.69. The molecule has 2 heterocycles. The third kappa shape index (κ3) is 3.26. The van der Waals surface area contributed by atoms with Crippen molar-refractivity contribution in [1.29, 1.82) is 0 Å². The number of hydrogen-bond donors (Lipinski definition) is 1. The molecule has 23 heavy (non-hydrogen) atoms. The number of aromatic nitrogens is 2. The van der Waals surface area contributed by atoms with Crippen LogP contribution in [0.25, 0.3) is 0 Å². The number of aryl methyl sites for hydroxylation is 1. The molecule has 0 radical (unpaired) electrons. The van der Waals surface area contributed by atoms with Gasteiger partial charge in [0.15, 0.2) is 11.5 Å². The Kier molecular flexibility index (Phi) is 4.41. The van der Waals surface area contributed by atoms with E-state index in [0.717, 1.165) is 37.5 Å². The van der Waals surface area contributed by atoms with Crippen LogP contribution >= 0.6 is 0 Å². The van der Waals surface area contributed by atoms with Crippen molar-refractivity contribution < 1.29 is 9.53 Å². The SMILES string of the molecule is CNC(=O)c1ccc(N2CCCc3cc(OC)ccc3C2)nn1. The summed E-state index contributed by atoms with van der Waals surface area (Å²) in [5.74, 6) is 1.46. The first-order valence-corrected chi connectivity index (χ1v) is 7.68. The van der Waals surface area contributed by atoms with Crippen molar-refractivity contribution in [3.63, 3.8) is 0 Å². The fraction of sp³-hybridized carbons (Fsp3) is 0.353. The van der Waals surface area contributed by atoms with Crippen LogP contribution in [0.2, 0.25) is 0 Å². The molecule has 1 amide bonds. The van der Waals surface area contributed by atoms with Crippen LogP contribution in [0.3, 0.4) is 0 Å². The first kappa shape index (κ1) is 15.3. The lowest BCUT2D eigenvalue weighted by atomic mass is 10.0. The smallest absolute Gasteiger partial charge is 0.271 e. The highest BCUT2D eigenvalue weighted by Crippen LogP contribution is 2.25. The number of benzene rings is 1. The van der Waals surface area contributed by atoms with Crippen molar-refractivity contribution in [2.75, 3.05) is 25.6 Å². The van der Waals surface area contributed by atoms with Gasteiger partial charge in [-0.05, 0) is 48.2 Å². The summed E-state index contributed by atoms with van der Waals surface area (Å²) in [6, 6.07) is 9.77. The van der Waals surface area contributed by atoms with Gasteiger partial charge in [-0.1, -0.05) is 6.07 Å². The van der Waals surface area contributed by atoms with Gasteiger partial charge in [0.05, 0.1) is 7.11 Å². The summed E-state index contributed by atoms with van der Waals surface area (Å²) in [6.07, 6.45) is 2.06. The predicted molar refractivity (Wildman–Crippen MR) is 87.8 cm³/mol. The van der Waals surface area contributed by atoms with Crippen LogP contribution in [0.1, 0.15) is 28.0 Å². The first-order chi connectivity index (χ1) is 11.2. The quantitative estimate of drug-likeness (QED) is 0.936. The Labute approximate surface area is 135 Å². The molecule has 6 heteroatoms. The van der Waals surface area contributed by atoms with Crippen molar-refractivity contribution >= 4 is 11.7 Å². The topological polar surface area (TPSA) is 67.4 Å². The Morgan fingerprint density at radius 1 is 1.22 bits per heavy atom. The van der Waals surface area contributed by atoms with E-state index in [1.54, 1.807) is 20.2 Å². The number of amides is 1. The largest absolute Gasteiger partial charge is 0.497 e. The van der Waals surface area contributed by atoms with Gasteiger partial charge >= 0.3 is 0 Å². The third-order valence-electron chi connectivity index (χ3n) is 4.08. The number of nitrogens with zero attached hydrogens (tertiary/aromatic N) is 3. The van der Waals surface area contributed by atoms with Crippen LogP contribution in [0.15, 0.2) is 30.3 Å². The average Bonchev–Trinajstić information content (AvgIpc) is 2.82. The minimum absolute atomic E-state index is 0.225. The number of rotatable bonds is 3. The van der Waals surface area contributed by atoms with Crippen LogP contribution in [0, 0.1) is 0 Å². The minimum Gasteiger partial charge on any atom is -0.497 e. The summed E-state index contributed by atoms with van der Waals surface area (Å²) < 4.78 is 5.30. The molecule has 0 unspecified atom stereocenters. The van der Waals surface area contributed by atoms with Crippen molar-refractivity contribution in [2.45, 2.75) is 19.4 Å². The molecule has 120 valence electrons. The zero-order valence-corrected chi connectivity index (χ0v) is 13.4. The second kappa shape index (κ2) is 6.64. The molecule has 2 aromatic rings. The number of methoxy groups -OCH3 is 1. The van der Waals surface area contributed by atoms with E-state index in [1.807, 2.05) is 12.1 Å². The van der Waals surface area contributed by atoms with Crippen LogP contribution in [0.4, 0.5) is 5.82 Å². The number of carbonyl (C=O) groups is 1. The van der Waals surface area contributed by atoms with E-state index < -0.39 is 0 Å². The molecule has 1 aliphatic heterocycles. The minimum atomic E-state index is -0.225. The number of carbonyl (C=O) groups excluding carboxylic acids is 1. The zero-order valence-electron chi connectivity index (χ0n) is 13.4. The summed E-state index contributed by atoms with van der Waals surface area (Å²) in [5.41, 5.74) is 2.93. The second-order valence-corrected chi connectivity index (χ2v) is 5.52. The molecule has 0 bridgehead atoms. The van der Waals surface area contributed by atoms with Gasteiger partial charge in [-0.2, -0.15) is 0 Å². The Morgan fingerprint density at radius 3 is 2.78 bits per heavy atom. The van der Waals surface area contributed by atoms with E-state index in [4.69, 9.17) is 4.74 Å². The standard InChI is InChI=1S/C17H20N4O2/c1-18-17(22)15-7-8-16(20-19-15)21-9-3-4-12-10-14(23-2)6-5-13(12)11-21/h5-8,10H,3-4,9,11H2,1-2H3,(H,18,22). The molecule has 0 saturated heterocycles. The molecular formula is C17H20N4O2. The van der Waals surface area contributed by atoms with Crippen molar-refractivity contribution in [2.24, 2.45) is 0 Å². The van der Waals surface area contributed by atoms with Gasteiger partial charge < -0.3 is 15.0 Å². The van der Waals surface area contributed by atoms with Crippen molar-refractivity contribution in [3.05, 3.63) is 47.2 Å². The number of ether oxygens (including phenoxy) is 1. The monoisotopic (exact) mass is 312 g/mol. The lowest BCUT2D eigenvalue weighted by Crippen LogP contribution is -2.25. The summed E-state index contributed by atoms with van der Waals surface area (Å²) in [4.78, 5) is 13.7. The Balaban J connectivity index is 1.82. The Hall–Kier alpha value is -2.63. The summed E-state index contributed by atoms with van der Waals surface area (Å²) in [7, 11) is 3.27. The number of hydrogen-bond acceptors (Lipinski definition) is 5. The molecular weight excluding hydrogens is 292 g/mol. The molecule has 0 aliphatic carbocycles. The average molecular weight is 312 g/mol. The van der Waals surface area contributed by atoms with Crippen LogP contribution < -0.4 is 15.0 Å². The fourth-order valence-electron chi connectivity index (χ4n) is 2.80. The van der Waals surface area contributed by atoms with Gasteiger partial charge in [-0.25, -0.2) is 0 Å². The summed E-state index contributed by atoms with van der Waals surface area (Å²) in [5, 5.41) is 10.8. The normalized spacial score (nSPS) is 13.9. The molecule has 1 N–H and O–H groups in total. The molecule has 1 aromatic carbocycles. The van der Waals surface area contributed by atoms with E-state index in [0.29, 0.717) is 5.69 Å². The highest BCUT2D eigenvalue weighted by atomic mass is 16.5. The molecule has 1 aromatic heterocycles. The van der Waals surface area contributed by atoms with Crippen LogP contribution in [-0.2, 0) is 13.0 Å². The maximum absolute atomic E-state index is 11.5. The lowest BCUT2D eigenvalue weighted by Gasteiger charge is -2.21. The number of fused-ring (bicyclic) bond motifs is 1. The molecule has 6 nitrogen and oxygen atoms in total. The maximum atomic E-state index is 11.5. The Morgan fingerprint density at radius 2 is 2.09 bits per heavy atom. The second-order valence-electron chi connectivity index (χ2n) is 5.52. The van der Waals surface area contributed by atoms with Gasteiger partial charge in [0, 0.05) is 20.1 Å². The van der Waals surface area contributed by atoms with Crippen molar-refractivity contribution in [1.82, 2.24) is 15.5 Å². The highest BCUT2D eigenvalue weighted by molar-refractivity contribution is 5.91. The molecule has 3 rings (SSSR count). The van der Waals surface area contributed by atoms with Crippen molar-refractivity contribution in [3.8, 4) is 5.75 Å². The fourth-order valence-corrected chi connectivity index (χ4v) is 2.80.